The number of likely N-dealkylation sites (tertiary alicyclic amines) is 1. The van der Waals surface area contributed by atoms with E-state index in [-0.39, 0.29) is 39.5 Å². The smallest absolute Gasteiger partial charge is 0.295 e. The maximum Gasteiger partial charge on any atom is 0.295 e. The van der Waals surface area contributed by atoms with Crippen LogP contribution in [0.3, 0.4) is 0 Å². The number of carbonyl (C=O) groups is 2. The Labute approximate surface area is 167 Å². The van der Waals surface area contributed by atoms with Crippen LogP contribution in [0, 0.1) is 12.7 Å². The summed E-state index contributed by atoms with van der Waals surface area (Å²) < 4.78 is 13.8. The first-order valence-corrected chi connectivity index (χ1v) is 9.31. The van der Waals surface area contributed by atoms with Crippen molar-refractivity contribution in [1.29, 1.82) is 0 Å². The van der Waals surface area contributed by atoms with E-state index in [1.807, 2.05) is 20.8 Å². The van der Waals surface area contributed by atoms with Crippen molar-refractivity contribution in [2.45, 2.75) is 45.7 Å². The summed E-state index contributed by atoms with van der Waals surface area (Å²) in [7, 11) is 0. The van der Waals surface area contributed by atoms with Crippen molar-refractivity contribution in [1.82, 2.24) is 30.4 Å². The summed E-state index contributed by atoms with van der Waals surface area (Å²) in [6.45, 7) is 7.98. The molecule has 150 valence electrons. The highest BCUT2D eigenvalue weighted by molar-refractivity contribution is 6.34. The van der Waals surface area contributed by atoms with Crippen molar-refractivity contribution in [3.05, 3.63) is 39.9 Å². The summed E-state index contributed by atoms with van der Waals surface area (Å²) in [5, 5.41) is 14.9. The minimum absolute atomic E-state index is 0.0194. The number of hydrogen-bond acceptors (Lipinski definition) is 5. The molecule has 1 aromatic carbocycles. The topological polar surface area (TPSA) is 93.0 Å². The number of rotatable bonds is 3. The third-order valence-electron chi connectivity index (χ3n) is 4.59. The lowest BCUT2D eigenvalue weighted by Crippen LogP contribution is -2.39. The minimum atomic E-state index is -0.495. The first-order chi connectivity index (χ1) is 13.1. The number of hydrogen-bond donors (Lipinski definition) is 1. The molecule has 1 aromatic heterocycles. The minimum Gasteiger partial charge on any atom is -0.347 e. The second-order valence-electron chi connectivity index (χ2n) is 7.81. The second-order valence-corrected chi connectivity index (χ2v) is 8.22. The Hall–Kier alpha value is -2.55. The number of benzene rings is 1. The van der Waals surface area contributed by atoms with Crippen LogP contribution in [0.4, 0.5) is 4.39 Å². The molecule has 0 bridgehead atoms. The molecule has 1 atom stereocenters. The van der Waals surface area contributed by atoms with Crippen molar-refractivity contribution in [3.8, 4) is 0 Å². The molecule has 0 radical (unpaired) electrons. The molecule has 0 unspecified atom stereocenters. The highest BCUT2D eigenvalue weighted by Crippen LogP contribution is 2.23. The van der Waals surface area contributed by atoms with Crippen LogP contribution < -0.4 is 5.32 Å². The zero-order chi connectivity index (χ0) is 20.6. The fourth-order valence-corrected chi connectivity index (χ4v) is 3.27. The van der Waals surface area contributed by atoms with Crippen molar-refractivity contribution < 1.29 is 14.0 Å². The molecule has 8 nitrogen and oxygen atoms in total. The van der Waals surface area contributed by atoms with Gasteiger partial charge in [-0.2, -0.15) is 4.80 Å². The van der Waals surface area contributed by atoms with Crippen LogP contribution in [0.2, 0.25) is 5.02 Å². The summed E-state index contributed by atoms with van der Waals surface area (Å²) in [4.78, 5) is 28.1. The van der Waals surface area contributed by atoms with Gasteiger partial charge in [0.1, 0.15) is 5.82 Å². The Morgan fingerprint density at radius 2 is 2.04 bits per heavy atom. The number of carbonyl (C=O) groups excluding carboxylic acids is 2. The van der Waals surface area contributed by atoms with E-state index in [0.717, 1.165) is 0 Å². The van der Waals surface area contributed by atoms with Gasteiger partial charge in [0, 0.05) is 19.1 Å². The molecule has 2 heterocycles. The van der Waals surface area contributed by atoms with Gasteiger partial charge in [0.15, 0.2) is 0 Å². The van der Waals surface area contributed by atoms with Gasteiger partial charge in [0.2, 0.25) is 0 Å². The van der Waals surface area contributed by atoms with Gasteiger partial charge in [0.25, 0.3) is 17.6 Å². The average Bonchev–Trinajstić information content (AvgIpc) is 3.27. The molecular weight excluding hydrogens is 387 g/mol. The summed E-state index contributed by atoms with van der Waals surface area (Å²) in [6.07, 6.45) is 0.566. The molecule has 2 amide bonds. The molecule has 1 aliphatic rings. The molecule has 0 spiro atoms. The highest BCUT2D eigenvalue weighted by Gasteiger charge is 2.31. The highest BCUT2D eigenvalue weighted by atomic mass is 35.5. The van der Waals surface area contributed by atoms with Gasteiger partial charge in [-0.05, 0) is 57.0 Å². The zero-order valence-electron chi connectivity index (χ0n) is 16.2. The molecular formula is C18H22ClFN6O2. The SMILES string of the molecule is Cc1c(F)ccc(Cl)c1C(=O)N[C@H]1CCN(C(=O)c2nnn(C(C)(C)C)n2)C1. The van der Waals surface area contributed by atoms with Crippen molar-refractivity contribution in [3.63, 3.8) is 0 Å². The molecule has 1 N–H and O–H groups in total. The largest absolute Gasteiger partial charge is 0.347 e. The van der Waals surface area contributed by atoms with E-state index in [1.54, 1.807) is 4.90 Å². The van der Waals surface area contributed by atoms with Gasteiger partial charge in [0.05, 0.1) is 16.1 Å². The average molecular weight is 409 g/mol. The fourth-order valence-electron chi connectivity index (χ4n) is 2.98. The van der Waals surface area contributed by atoms with Crippen molar-refractivity contribution >= 4 is 23.4 Å². The summed E-state index contributed by atoms with van der Waals surface area (Å²) in [5.74, 6) is -1.28. The van der Waals surface area contributed by atoms with E-state index in [0.29, 0.717) is 19.5 Å². The normalized spacial score (nSPS) is 17.1. The van der Waals surface area contributed by atoms with E-state index < -0.39 is 11.7 Å². The third kappa shape index (κ3) is 3.99. The number of amides is 2. The van der Waals surface area contributed by atoms with Gasteiger partial charge in [-0.1, -0.05) is 11.6 Å². The van der Waals surface area contributed by atoms with Gasteiger partial charge in [-0.15, -0.1) is 10.2 Å². The molecule has 1 fully saturated rings. The van der Waals surface area contributed by atoms with Crippen LogP contribution >= 0.6 is 11.6 Å². The standard InChI is InChI=1S/C18H22ClFN6O2/c1-10-13(20)6-5-12(19)14(10)16(27)21-11-7-8-25(9-11)17(28)15-22-24-26(23-15)18(2,3)4/h5-6,11H,7-9H2,1-4H3,(H,21,27)/t11-/m0/s1. The monoisotopic (exact) mass is 408 g/mol. The predicted molar refractivity (Wildman–Crippen MR) is 101 cm³/mol. The van der Waals surface area contributed by atoms with Gasteiger partial charge in [-0.25, -0.2) is 4.39 Å². The number of halogens is 2. The van der Waals surface area contributed by atoms with E-state index in [2.05, 4.69) is 20.7 Å². The summed E-state index contributed by atoms with van der Waals surface area (Å²) in [6, 6.07) is 2.31. The van der Waals surface area contributed by atoms with E-state index in [4.69, 9.17) is 11.6 Å². The second kappa shape index (κ2) is 7.46. The lowest BCUT2D eigenvalue weighted by Gasteiger charge is -2.17. The Morgan fingerprint density at radius 3 is 2.68 bits per heavy atom. The molecule has 3 rings (SSSR count). The summed E-state index contributed by atoms with van der Waals surface area (Å²) in [5.41, 5.74) is -0.0741. The maximum atomic E-state index is 13.8. The number of tetrazole rings is 1. The lowest BCUT2D eigenvalue weighted by atomic mass is 10.1. The predicted octanol–water partition coefficient (Wildman–Crippen LogP) is 2.17. The lowest BCUT2D eigenvalue weighted by molar-refractivity contribution is 0.0770. The number of aromatic nitrogens is 4. The summed E-state index contributed by atoms with van der Waals surface area (Å²) >= 11 is 6.06. The Bertz CT molecular complexity index is 923. The Balaban J connectivity index is 1.66. The van der Waals surface area contributed by atoms with Crippen molar-refractivity contribution in [2.24, 2.45) is 0 Å². The van der Waals surface area contributed by atoms with Crippen LogP contribution in [0.25, 0.3) is 0 Å². The van der Waals surface area contributed by atoms with Gasteiger partial charge >= 0.3 is 0 Å². The van der Waals surface area contributed by atoms with E-state index >= 15 is 0 Å². The van der Waals surface area contributed by atoms with Gasteiger partial charge in [-0.3, -0.25) is 9.59 Å². The quantitative estimate of drug-likeness (QED) is 0.840. The van der Waals surface area contributed by atoms with Crippen LogP contribution in [-0.2, 0) is 5.54 Å². The van der Waals surface area contributed by atoms with E-state index in [9.17, 15) is 14.0 Å². The number of nitrogens with zero attached hydrogens (tertiary/aromatic N) is 5. The third-order valence-corrected chi connectivity index (χ3v) is 4.91. The van der Waals surface area contributed by atoms with Crippen molar-refractivity contribution in [2.75, 3.05) is 13.1 Å². The molecule has 2 aromatic rings. The molecule has 0 aliphatic carbocycles. The van der Waals surface area contributed by atoms with Gasteiger partial charge < -0.3 is 10.2 Å². The fraction of sp³-hybridized carbons (Fsp3) is 0.500. The zero-order valence-corrected chi connectivity index (χ0v) is 16.9. The van der Waals surface area contributed by atoms with Crippen LogP contribution in [0.5, 0.6) is 0 Å². The number of nitrogens with one attached hydrogen (secondary N) is 1. The maximum absolute atomic E-state index is 13.8. The molecule has 10 heteroatoms. The molecule has 0 saturated carbocycles. The molecule has 1 saturated heterocycles. The molecule has 1 aliphatic heterocycles. The first kappa shape index (κ1) is 20.2. The van der Waals surface area contributed by atoms with Crippen LogP contribution in [0.15, 0.2) is 12.1 Å². The Kier molecular flexibility index (Phi) is 5.38. The van der Waals surface area contributed by atoms with Crippen LogP contribution in [0.1, 0.15) is 53.7 Å². The first-order valence-electron chi connectivity index (χ1n) is 8.93. The van der Waals surface area contributed by atoms with Crippen LogP contribution in [-0.4, -0.2) is 56.1 Å². The molecule has 28 heavy (non-hydrogen) atoms. The Morgan fingerprint density at radius 1 is 1.32 bits per heavy atom. The van der Waals surface area contributed by atoms with E-state index in [1.165, 1.54) is 23.9 Å².